The average molecular weight is 380 g/mol. The van der Waals surface area contributed by atoms with Gasteiger partial charge in [0.05, 0.1) is 32.3 Å². The first-order valence-corrected chi connectivity index (χ1v) is 11.1. The van der Waals surface area contributed by atoms with Crippen LogP contribution in [0.1, 0.15) is 24.8 Å². The van der Waals surface area contributed by atoms with Crippen molar-refractivity contribution in [2.24, 2.45) is 0 Å². The predicted molar refractivity (Wildman–Crippen MR) is 90.5 cm³/mol. The molecule has 1 unspecified atom stereocenters. The van der Waals surface area contributed by atoms with Gasteiger partial charge in [-0.15, -0.1) is 0 Å². The Balaban J connectivity index is 2.37. The largest absolute Gasteiger partial charge is 0.374 e. The molecule has 1 atom stereocenters. The number of rotatable bonds is 12. The number of hydrogen-bond donors (Lipinski definition) is 0. The van der Waals surface area contributed by atoms with Crippen molar-refractivity contribution in [1.82, 2.24) is 0 Å². The van der Waals surface area contributed by atoms with Crippen LogP contribution in [0.15, 0.2) is 30.3 Å². The molecule has 0 saturated carbocycles. The van der Waals surface area contributed by atoms with Crippen LogP contribution < -0.4 is 0 Å². The van der Waals surface area contributed by atoms with Gasteiger partial charge in [0.25, 0.3) is 20.2 Å². The lowest BCUT2D eigenvalue weighted by atomic mass is 10.2. The molecule has 0 bridgehead atoms. The molecule has 0 aliphatic rings. The molecule has 0 radical (unpaired) electrons. The molecular formula is C15H24O7S2. The second kappa shape index (κ2) is 10.1. The molecule has 0 aliphatic carbocycles. The molecular weight excluding hydrogens is 356 g/mol. The monoisotopic (exact) mass is 380 g/mol. The van der Waals surface area contributed by atoms with Crippen LogP contribution >= 0.6 is 0 Å². The zero-order valence-corrected chi connectivity index (χ0v) is 15.5. The molecule has 0 heterocycles. The molecule has 7 nitrogen and oxygen atoms in total. The fraction of sp³-hybridized carbons (Fsp3) is 0.600. The van der Waals surface area contributed by atoms with Crippen LogP contribution in [0.5, 0.6) is 0 Å². The summed E-state index contributed by atoms with van der Waals surface area (Å²) in [6, 6.07) is 9.51. The summed E-state index contributed by atoms with van der Waals surface area (Å²) in [6.07, 6.45) is 2.83. The highest BCUT2D eigenvalue weighted by atomic mass is 32.2. The van der Waals surface area contributed by atoms with Crippen LogP contribution in [0.4, 0.5) is 0 Å². The van der Waals surface area contributed by atoms with Gasteiger partial charge in [0.15, 0.2) is 0 Å². The summed E-state index contributed by atoms with van der Waals surface area (Å²) in [7, 11) is -7.04. The molecule has 0 spiro atoms. The van der Waals surface area contributed by atoms with Crippen molar-refractivity contribution < 1.29 is 29.9 Å². The first-order chi connectivity index (χ1) is 11.2. The van der Waals surface area contributed by atoms with Crippen molar-refractivity contribution in [1.29, 1.82) is 0 Å². The van der Waals surface area contributed by atoms with Crippen molar-refractivity contribution in [3.05, 3.63) is 35.9 Å². The van der Waals surface area contributed by atoms with Gasteiger partial charge < -0.3 is 4.74 Å². The predicted octanol–water partition coefficient (Wildman–Crippen LogP) is 1.69. The molecule has 1 rings (SSSR count). The van der Waals surface area contributed by atoms with E-state index in [2.05, 4.69) is 4.18 Å². The van der Waals surface area contributed by atoms with E-state index in [4.69, 9.17) is 8.92 Å². The minimum atomic E-state index is -3.59. The van der Waals surface area contributed by atoms with E-state index in [0.29, 0.717) is 25.9 Å². The number of hydrogen-bond acceptors (Lipinski definition) is 7. The highest BCUT2D eigenvalue weighted by molar-refractivity contribution is 7.86. The third kappa shape index (κ3) is 11.5. The summed E-state index contributed by atoms with van der Waals surface area (Å²) in [6.45, 7) is 0.561. The van der Waals surface area contributed by atoms with Gasteiger partial charge in [-0.05, 0) is 24.8 Å². The first-order valence-electron chi connectivity index (χ1n) is 7.50. The van der Waals surface area contributed by atoms with Gasteiger partial charge in [-0.1, -0.05) is 30.3 Å². The number of benzene rings is 1. The zero-order valence-electron chi connectivity index (χ0n) is 13.9. The quantitative estimate of drug-likeness (QED) is 0.402. The lowest BCUT2D eigenvalue weighted by molar-refractivity contribution is 0.0393. The molecule has 1 aromatic rings. The molecule has 9 heteroatoms. The Bertz CT molecular complexity index is 669. The third-order valence-electron chi connectivity index (χ3n) is 2.94. The highest BCUT2D eigenvalue weighted by Crippen LogP contribution is 2.11. The maximum absolute atomic E-state index is 11.3. The van der Waals surface area contributed by atoms with Crippen molar-refractivity contribution in [3.8, 4) is 0 Å². The Labute approximate surface area is 144 Å². The van der Waals surface area contributed by atoms with E-state index in [1.165, 1.54) is 0 Å². The molecule has 0 amide bonds. The van der Waals surface area contributed by atoms with Gasteiger partial charge in [-0.3, -0.25) is 8.37 Å². The molecule has 0 aromatic heterocycles. The van der Waals surface area contributed by atoms with Crippen molar-refractivity contribution in [2.45, 2.75) is 32.0 Å². The second-order valence-corrected chi connectivity index (χ2v) is 8.69. The zero-order chi connectivity index (χ0) is 18.1. The maximum atomic E-state index is 11.3. The van der Waals surface area contributed by atoms with Crippen LogP contribution in [0.2, 0.25) is 0 Å². The van der Waals surface area contributed by atoms with E-state index >= 15 is 0 Å². The molecule has 138 valence electrons. The van der Waals surface area contributed by atoms with E-state index in [9.17, 15) is 16.8 Å². The van der Waals surface area contributed by atoms with Crippen LogP contribution in [0.3, 0.4) is 0 Å². The van der Waals surface area contributed by atoms with E-state index < -0.39 is 26.3 Å². The Morgan fingerprint density at radius 1 is 0.958 bits per heavy atom. The van der Waals surface area contributed by atoms with E-state index in [0.717, 1.165) is 18.1 Å². The van der Waals surface area contributed by atoms with Gasteiger partial charge in [-0.2, -0.15) is 16.8 Å². The van der Waals surface area contributed by atoms with Gasteiger partial charge in [-0.25, -0.2) is 0 Å². The lowest BCUT2D eigenvalue weighted by Crippen LogP contribution is -2.23. The summed E-state index contributed by atoms with van der Waals surface area (Å²) in [5.41, 5.74) is 0.983. The summed E-state index contributed by atoms with van der Waals surface area (Å²) < 4.78 is 59.5. The molecule has 0 aliphatic heterocycles. The molecule has 0 fully saturated rings. The van der Waals surface area contributed by atoms with Crippen molar-refractivity contribution in [3.63, 3.8) is 0 Å². The third-order valence-corrected chi connectivity index (χ3v) is 4.16. The fourth-order valence-corrected chi connectivity index (χ4v) is 3.04. The van der Waals surface area contributed by atoms with Gasteiger partial charge in [0.1, 0.15) is 6.10 Å². The molecule has 1 aromatic carbocycles. The topological polar surface area (TPSA) is 96.0 Å². The average Bonchev–Trinajstić information content (AvgIpc) is 2.45. The summed E-state index contributed by atoms with van der Waals surface area (Å²) in [4.78, 5) is 0. The highest BCUT2D eigenvalue weighted by Gasteiger charge is 2.16. The van der Waals surface area contributed by atoms with Crippen LogP contribution in [-0.4, -0.2) is 48.7 Å². The van der Waals surface area contributed by atoms with Crippen LogP contribution in [0.25, 0.3) is 0 Å². The van der Waals surface area contributed by atoms with E-state index in [1.807, 2.05) is 30.3 Å². The number of ether oxygens (including phenoxy) is 1. The van der Waals surface area contributed by atoms with Crippen molar-refractivity contribution >= 4 is 20.2 Å². The van der Waals surface area contributed by atoms with Crippen LogP contribution in [-0.2, 0) is 39.9 Å². The summed E-state index contributed by atoms with van der Waals surface area (Å²) >= 11 is 0. The normalized spacial score (nSPS) is 13.8. The number of unbranched alkanes of at least 4 members (excludes halogenated alkanes) is 1. The Morgan fingerprint density at radius 3 is 2.21 bits per heavy atom. The molecule has 0 N–H and O–H groups in total. The van der Waals surface area contributed by atoms with Gasteiger partial charge in [0, 0.05) is 0 Å². The Hall–Kier alpha value is -1.00. The summed E-state index contributed by atoms with van der Waals surface area (Å²) in [5.74, 6) is 0. The minimum absolute atomic E-state index is 0.0648. The minimum Gasteiger partial charge on any atom is -0.374 e. The van der Waals surface area contributed by atoms with Crippen molar-refractivity contribution in [2.75, 3.05) is 25.7 Å². The maximum Gasteiger partial charge on any atom is 0.264 e. The van der Waals surface area contributed by atoms with Gasteiger partial charge >= 0.3 is 0 Å². The molecule has 0 saturated heterocycles. The second-order valence-electron chi connectivity index (χ2n) is 5.44. The SMILES string of the molecule is CS(=O)(=O)OCCCCC(COCc1ccccc1)OS(C)(=O)=O. The van der Waals surface area contributed by atoms with E-state index in [-0.39, 0.29) is 13.2 Å². The Morgan fingerprint density at radius 2 is 1.62 bits per heavy atom. The standard InChI is InChI=1S/C15H24O7S2/c1-23(16,17)21-11-7-6-10-15(22-24(2,18)19)13-20-12-14-8-4-3-5-9-14/h3-5,8-9,15H,6-7,10-13H2,1-2H3. The van der Waals surface area contributed by atoms with Crippen LogP contribution in [0, 0.1) is 0 Å². The fourth-order valence-electron chi connectivity index (χ4n) is 1.97. The Kier molecular flexibility index (Phi) is 8.85. The molecule has 24 heavy (non-hydrogen) atoms. The first kappa shape index (κ1) is 21.0. The smallest absolute Gasteiger partial charge is 0.264 e. The summed E-state index contributed by atoms with van der Waals surface area (Å²) in [5, 5.41) is 0. The van der Waals surface area contributed by atoms with Gasteiger partial charge in [0.2, 0.25) is 0 Å². The van der Waals surface area contributed by atoms with E-state index in [1.54, 1.807) is 0 Å². The lowest BCUT2D eigenvalue weighted by Gasteiger charge is -2.16.